The second-order valence-electron chi connectivity index (χ2n) is 7.61. The van der Waals surface area contributed by atoms with Gasteiger partial charge in [0.1, 0.15) is 29.1 Å². The Bertz CT molecular complexity index is 1610. The van der Waals surface area contributed by atoms with E-state index in [1.807, 2.05) is 6.07 Å². The Hall–Kier alpha value is -4.44. The van der Waals surface area contributed by atoms with Crippen molar-refractivity contribution in [1.29, 1.82) is 5.26 Å². The number of nitrogens with two attached hydrogens (primary N) is 2. The maximum Gasteiger partial charge on any atom is 0.416 e. The molecule has 9 nitrogen and oxygen atoms in total. The summed E-state index contributed by atoms with van der Waals surface area (Å²) in [6.07, 6.45) is -4.88. The van der Waals surface area contributed by atoms with Gasteiger partial charge in [0.15, 0.2) is 5.82 Å². The van der Waals surface area contributed by atoms with Gasteiger partial charge in [-0.25, -0.2) is 9.37 Å². The molecule has 2 heterocycles. The number of halogens is 5. The number of anilines is 3. The molecule has 0 bridgehead atoms. The van der Waals surface area contributed by atoms with E-state index < -0.39 is 34.8 Å². The Labute approximate surface area is 205 Å². The molecule has 0 aliphatic rings. The van der Waals surface area contributed by atoms with E-state index in [-0.39, 0.29) is 44.9 Å². The zero-order valence-electron chi connectivity index (χ0n) is 18.2. The summed E-state index contributed by atoms with van der Waals surface area (Å²) in [6, 6.07) is 6.96. The molecule has 4 rings (SSSR count). The number of nitrogens with zero attached hydrogens (tertiary/aromatic N) is 5. The van der Waals surface area contributed by atoms with Crippen LogP contribution in [0.3, 0.4) is 0 Å². The van der Waals surface area contributed by atoms with Crippen LogP contribution in [0, 0.1) is 17.1 Å². The van der Waals surface area contributed by atoms with Crippen molar-refractivity contribution in [2.45, 2.75) is 19.1 Å². The number of nitriles is 1. The molecule has 0 amide bonds. The minimum Gasteiger partial charge on any atom is -0.382 e. The largest absolute Gasteiger partial charge is 0.416 e. The van der Waals surface area contributed by atoms with Gasteiger partial charge in [-0.15, -0.1) is 0 Å². The smallest absolute Gasteiger partial charge is 0.382 e. The molecule has 0 unspecified atom stereocenters. The summed E-state index contributed by atoms with van der Waals surface area (Å²) >= 11 is 6.19. The quantitative estimate of drug-likeness (QED) is 0.340. The molecular formula is C22H15ClF4N8O. The van der Waals surface area contributed by atoms with Gasteiger partial charge in [-0.05, 0) is 37.3 Å². The van der Waals surface area contributed by atoms with Crippen LogP contribution < -0.4 is 22.3 Å². The summed E-state index contributed by atoms with van der Waals surface area (Å²) in [5, 5.41) is 12.2. The van der Waals surface area contributed by atoms with Crippen molar-refractivity contribution >= 4 is 40.1 Å². The number of benzene rings is 2. The molecule has 36 heavy (non-hydrogen) atoms. The third-order valence-electron chi connectivity index (χ3n) is 5.15. The molecular weight excluding hydrogens is 504 g/mol. The molecule has 1 atom stereocenters. The van der Waals surface area contributed by atoms with Crippen molar-refractivity contribution in [3.05, 3.63) is 74.5 Å². The fourth-order valence-electron chi connectivity index (χ4n) is 3.59. The van der Waals surface area contributed by atoms with Gasteiger partial charge in [0.2, 0.25) is 5.95 Å². The number of aromatic nitrogens is 4. The van der Waals surface area contributed by atoms with Gasteiger partial charge in [-0.2, -0.15) is 28.4 Å². The molecule has 184 valence electrons. The predicted octanol–water partition coefficient (Wildman–Crippen LogP) is 4.20. The van der Waals surface area contributed by atoms with Crippen molar-refractivity contribution in [1.82, 2.24) is 19.5 Å². The second kappa shape index (κ2) is 8.97. The first-order valence-electron chi connectivity index (χ1n) is 10.1. The van der Waals surface area contributed by atoms with Crippen molar-refractivity contribution in [2.75, 3.05) is 16.8 Å². The summed E-state index contributed by atoms with van der Waals surface area (Å²) in [7, 11) is 0. The molecule has 5 N–H and O–H groups in total. The van der Waals surface area contributed by atoms with Crippen LogP contribution in [0.25, 0.3) is 16.6 Å². The minimum atomic E-state index is -4.88. The summed E-state index contributed by atoms with van der Waals surface area (Å²) in [4.78, 5) is 25.6. The monoisotopic (exact) mass is 518 g/mol. The molecule has 0 aliphatic carbocycles. The van der Waals surface area contributed by atoms with Crippen LogP contribution in [-0.2, 0) is 6.18 Å². The number of rotatable bonds is 4. The van der Waals surface area contributed by atoms with E-state index in [9.17, 15) is 27.6 Å². The Morgan fingerprint density at radius 1 is 1.17 bits per heavy atom. The lowest BCUT2D eigenvalue weighted by Gasteiger charge is -2.21. The van der Waals surface area contributed by atoms with Crippen molar-refractivity contribution < 1.29 is 17.6 Å². The van der Waals surface area contributed by atoms with Crippen molar-refractivity contribution in [3.8, 4) is 11.8 Å². The highest BCUT2D eigenvalue weighted by atomic mass is 35.5. The molecule has 2 aromatic heterocycles. The summed E-state index contributed by atoms with van der Waals surface area (Å²) in [6.45, 7) is 1.49. The molecule has 2 aromatic carbocycles. The minimum absolute atomic E-state index is 0.00137. The number of nitrogen functional groups attached to an aromatic ring is 2. The van der Waals surface area contributed by atoms with E-state index in [1.54, 1.807) is 0 Å². The van der Waals surface area contributed by atoms with Crippen molar-refractivity contribution in [2.24, 2.45) is 0 Å². The summed E-state index contributed by atoms with van der Waals surface area (Å²) in [5.41, 5.74) is 8.76. The molecule has 0 saturated carbocycles. The van der Waals surface area contributed by atoms with Gasteiger partial charge >= 0.3 is 6.18 Å². The van der Waals surface area contributed by atoms with Crippen molar-refractivity contribution in [3.63, 3.8) is 0 Å². The molecule has 0 spiro atoms. The fourth-order valence-corrected chi connectivity index (χ4v) is 3.84. The Balaban J connectivity index is 2.00. The highest BCUT2D eigenvalue weighted by molar-refractivity contribution is 6.35. The first kappa shape index (κ1) is 24.7. The number of alkyl halides is 3. The van der Waals surface area contributed by atoms with Crippen LogP contribution in [0.4, 0.5) is 35.1 Å². The average molecular weight is 519 g/mol. The standard InChI is InChI=1S/C22H15ClF4N8O/c1-9(31-18-13(8-28)17(29)33-21(30)34-18)19-32-15-4-2-3-14(23)16(15)20(36)35(19)12-6-10(22(25,26)27)5-11(24)7-12/h2-7,9H,1H3,(H5,29,30,31,33,34)/t9-/m0/s1. The third-order valence-corrected chi connectivity index (χ3v) is 5.46. The van der Waals surface area contributed by atoms with Gasteiger partial charge in [-0.1, -0.05) is 17.7 Å². The maximum atomic E-state index is 14.3. The van der Waals surface area contributed by atoms with Gasteiger partial charge < -0.3 is 16.8 Å². The van der Waals surface area contributed by atoms with Gasteiger partial charge in [0, 0.05) is 0 Å². The van der Waals surface area contributed by atoms with Crippen LogP contribution in [0.15, 0.2) is 41.2 Å². The average Bonchev–Trinajstić information content (AvgIpc) is 2.77. The topological polar surface area (TPSA) is 149 Å². The predicted molar refractivity (Wildman–Crippen MR) is 125 cm³/mol. The van der Waals surface area contributed by atoms with Crippen LogP contribution in [0.2, 0.25) is 5.02 Å². The SMILES string of the molecule is C[C@H](Nc1nc(N)nc(N)c1C#N)c1nc2cccc(Cl)c2c(=O)n1-c1cc(F)cc(C(F)(F)F)c1. The van der Waals surface area contributed by atoms with Crippen LogP contribution >= 0.6 is 11.6 Å². The van der Waals surface area contributed by atoms with Crippen LogP contribution in [0.1, 0.15) is 29.9 Å². The zero-order chi connectivity index (χ0) is 26.4. The molecule has 0 saturated heterocycles. The summed E-state index contributed by atoms with van der Waals surface area (Å²) < 4.78 is 55.3. The fraction of sp³-hybridized carbons (Fsp3) is 0.136. The van der Waals surface area contributed by atoms with E-state index in [0.29, 0.717) is 12.1 Å². The van der Waals surface area contributed by atoms with Gasteiger partial charge in [-0.3, -0.25) is 9.36 Å². The van der Waals surface area contributed by atoms with Gasteiger partial charge in [0.25, 0.3) is 5.56 Å². The molecule has 14 heteroatoms. The first-order chi connectivity index (χ1) is 16.9. The highest BCUT2D eigenvalue weighted by Crippen LogP contribution is 2.32. The first-order valence-corrected chi connectivity index (χ1v) is 10.5. The van der Waals surface area contributed by atoms with E-state index in [1.165, 1.54) is 25.1 Å². The Morgan fingerprint density at radius 2 is 1.89 bits per heavy atom. The van der Waals surface area contributed by atoms with Crippen LogP contribution in [-0.4, -0.2) is 19.5 Å². The van der Waals surface area contributed by atoms with E-state index in [4.69, 9.17) is 23.1 Å². The molecule has 0 radical (unpaired) electrons. The summed E-state index contributed by atoms with van der Waals surface area (Å²) in [5.74, 6) is -1.92. The maximum absolute atomic E-state index is 14.3. The lowest BCUT2D eigenvalue weighted by molar-refractivity contribution is -0.137. The Morgan fingerprint density at radius 3 is 2.56 bits per heavy atom. The molecule has 4 aromatic rings. The lowest BCUT2D eigenvalue weighted by Crippen LogP contribution is -2.28. The second-order valence-corrected chi connectivity index (χ2v) is 8.02. The Kier molecular flexibility index (Phi) is 6.15. The number of fused-ring (bicyclic) bond motifs is 1. The van der Waals surface area contributed by atoms with E-state index in [2.05, 4.69) is 20.3 Å². The highest BCUT2D eigenvalue weighted by Gasteiger charge is 2.32. The third kappa shape index (κ3) is 4.46. The van der Waals surface area contributed by atoms with Crippen LogP contribution in [0.5, 0.6) is 0 Å². The van der Waals surface area contributed by atoms with E-state index >= 15 is 0 Å². The molecule has 0 fully saturated rings. The lowest BCUT2D eigenvalue weighted by atomic mass is 10.1. The zero-order valence-corrected chi connectivity index (χ0v) is 19.0. The number of hydrogen-bond acceptors (Lipinski definition) is 8. The number of hydrogen-bond donors (Lipinski definition) is 3. The molecule has 0 aliphatic heterocycles. The van der Waals surface area contributed by atoms with Gasteiger partial charge in [0.05, 0.1) is 33.2 Å². The number of nitrogens with one attached hydrogen (secondary N) is 1. The van der Waals surface area contributed by atoms with E-state index in [0.717, 1.165) is 10.6 Å². The normalized spacial score (nSPS) is 12.4.